The van der Waals surface area contributed by atoms with E-state index in [1.807, 2.05) is 0 Å². The largest absolute Gasteiger partial charge is 0.452 e. The molecule has 2 aromatic heterocycles. The number of hydrogen-bond donors (Lipinski definition) is 0. The Morgan fingerprint density at radius 1 is 0.400 bits per heavy atom. The van der Waals surface area contributed by atoms with Gasteiger partial charge in [-0.1, -0.05) is 109 Å². The summed E-state index contributed by atoms with van der Waals surface area (Å²) in [5, 5.41) is 5.00. The van der Waals surface area contributed by atoms with Crippen LogP contribution in [0.25, 0.3) is 77.2 Å². The van der Waals surface area contributed by atoms with Crippen molar-refractivity contribution < 1.29 is 4.74 Å². The Bertz CT molecular complexity index is 2570. The van der Waals surface area contributed by atoms with Gasteiger partial charge in [-0.15, -0.1) is 0 Å². The van der Waals surface area contributed by atoms with Gasteiger partial charge in [0.2, 0.25) is 0 Å². The molecule has 1 aliphatic rings. The van der Waals surface area contributed by atoms with Gasteiger partial charge in [0.1, 0.15) is 0 Å². The van der Waals surface area contributed by atoms with E-state index in [9.17, 15) is 0 Å². The van der Waals surface area contributed by atoms with Crippen molar-refractivity contribution in [1.82, 2.24) is 9.13 Å². The van der Waals surface area contributed by atoms with E-state index < -0.39 is 0 Å². The Labute approximate surface area is 259 Å². The third-order valence-corrected chi connectivity index (χ3v) is 9.32. The fourth-order valence-corrected chi connectivity index (χ4v) is 7.34. The monoisotopic (exact) mass is 574 g/mol. The van der Waals surface area contributed by atoms with Crippen molar-refractivity contribution in [2.75, 3.05) is 0 Å². The van der Waals surface area contributed by atoms with Crippen molar-refractivity contribution >= 4 is 43.6 Å². The van der Waals surface area contributed by atoms with Crippen LogP contribution >= 0.6 is 0 Å². The predicted molar refractivity (Wildman–Crippen MR) is 186 cm³/mol. The van der Waals surface area contributed by atoms with Crippen LogP contribution in [-0.4, -0.2) is 9.13 Å². The molecule has 210 valence electrons. The standard InChI is InChI=1S/C42H26N2O/c1-4-17-36-32(12-1)33-13-2-5-18-37(33)43(36)30-24-22-27(23-25-30)28-10-7-11-29(26-28)31-15-8-20-39-42(31)45-40-21-9-16-35-34-14-3-6-19-38(34)44(39)41(35)40/h1-26H. The Hall–Kier alpha value is -6.06. The third kappa shape index (κ3) is 3.46. The average molecular weight is 575 g/mol. The highest BCUT2D eigenvalue weighted by atomic mass is 16.5. The molecule has 9 aromatic rings. The van der Waals surface area contributed by atoms with E-state index in [0.717, 1.165) is 39.5 Å². The Kier molecular flexibility index (Phi) is 5.00. The summed E-state index contributed by atoms with van der Waals surface area (Å²) in [5.74, 6) is 1.78. The quantitative estimate of drug-likeness (QED) is 0.205. The molecule has 1 aliphatic heterocycles. The summed E-state index contributed by atoms with van der Waals surface area (Å²) < 4.78 is 11.4. The van der Waals surface area contributed by atoms with Crippen LogP contribution in [0.1, 0.15) is 0 Å². The van der Waals surface area contributed by atoms with E-state index in [2.05, 4.69) is 167 Å². The number of rotatable bonds is 3. The lowest BCUT2D eigenvalue weighted by Gasteiger charge is -2.23. The van der Waals surface area contributed by atoms with Crippen molar-refractivity contribution in [1.29, 1.82) is 0 Å². The smallest absolute Gasteiger partial charge is 0.159 e. The van der Waals surface area contributed by atoms with Gasteiger partial charge < -0.3 is 13.9 Å². The van der Waals surface area contributed by atoms with Crippen LogP contribution in [0.2, 0.25) is 0 Å². The second kappa shape index (κ2) is 9.22. The molecular weight excluding hydrogens is 548 g/mol. The zero-order valence-electron chi connectivity index (χ0n) is 24.3. The van der Waals surface area contributed by atoms with E-state index in [-0.39, 0.29) is 0 Å². The fourth-order valence-electron chi connectivity index (χ4n) is 7.34. The summed E-state index contributed by atoms with van der Waals surface area (Å²) >= 11 is 0. The summed E-state index contributed by atoms with van der Waals surface area (Å²) in [6, 6.07) is 56.4. The maximum atomic E-state index is 6.71. The number of fused-ring (bicyclic) bond motifs is 8. The van der Waals surface area contributed by atoms with Crippen LogP contribution in [0.15, 0.2) is 158 Å². The highest BCUT2D eigenvalue weighted by Crippen LogP contribution is 2.48. The van der Waals surface area contributed by atoms with Crippen molar-refractivity contribution in [2.24, 2.45) is 0 Å². The summed E-state index contributed by atoms with van der Waals surface area (Å²) in [4.78, 5) is 0. The van der Waals surface area contributed by atoms with Gasteiger partial charge in [0.25, 0.3) is 0 Å². The molecule has 0 unspecified atom stereocenters. The molecule has 0 atom stereocenters. The number of benzene rings is 7. The average Bonchev–Trinajstić information content (AvgIpc) is 3.63. The molecule has 0 bridgehead atoms. The van der Waals surface area contributed by atoms with Gasteiger partial charge in [-0.25, -0.2) is 0 Å². The molecule has 0 amide bonds. The van der Waals surface area contributed by atoms with Gasteiger partial charge in [0.05, 0.1) is 27.8 Å². The van der Waals surface area contributed by atoms with Crippen LogP contribution < -0.4 is 4.74 Å². The van der Waals surface area contributed by atoms with E-state index in [1.165, 1.54) is 49.2 Å². The molecule has 0 radical (unpaired) electrons. The second-order valence-electron chi connectivity index (χ2n) is 11.8. The number of para-hydroxylation sites is 5. The van der Waals surface area contributed by atoms with Gasteiger partial charge >= 0.3 is 0 Å². The fraction of sp³-hybridized carbons (Fsp3) is 0. The molecule has 0 saturated carbocycles. The van der Waals surface area contributed by atoms with Gasteiger partial charge in [0.15, 0.2) is 11.5 Å². The number of nitrogens with zero attached hydrogens (tertiary/aromatic N) is 2. The topological polar surface area (TPSA) is 19.1 Å². The number of ether oxygens (including phenoxy) is 1. The van der Waals surface area contributed by atoms with Crippen molar-refractivity contribution in [3.8, 4) is 45.1 Å². The molecule has 0 N–H and O–H groups in total. The molecule has 0 spiro atoms. The first-order valence-corrected chi connectivity index (χ1v) is 15.4. The lowest BCUT2D eigenvalue weighted by molar-refractivity contribution is 0.478. The zero-order chi connectivity index (χ0) is 29.5. The lowest BCUT2D eigenvalue weighted by Crippen LogP contribution is -2.05. The predicted octanol–water partition coefficient (Wildman–Crippen LogP) is 11.3. The minimum absolute atomic E-state index is 0.887. The first-order chi connectivity index (χ1) is 22.3. The minimum Gasteiger partial charge on any atom is -0.452 e. The Balaban J connectivity index is 1.08. The maximum Gasteiger partial charge on any atom is 0.159 e. The molecule has 0 fully saturated rings. The van der Waals surface area contributed by atoms with E-state index >= 15 is 0 Å². The molecular formula is C42H26N2O. The van der Waals surface area contributed by atoms with Crippen LogP contribution in [-0.2, 0) is 0 Å². The molecule has 0 saturated heterocycles. The lowest BCUT2D eigenvalue weighted by atomic mass is 9.97. The van der Waals surface area contributed by atoms with E-state index in [0.29, 0.717) is 0 Å². The SMILES string of the molecule is c1cc(-c2ccc(-n3c4ccccc4c4ccccc43)cc2)cc(-c2cccc3c2Oc2cccc4c5ccccc5n-3c24)c1. The summed E-state index contributed by atoms with van der Waals surface area (Å²) in [6.07, 6.45) is 0. The normalized spacial score (nSPS) is 12.2. The van der Waals surface area contributed by atoms with E-state index in [4.69, 9.17) is 4.74 Å². The molecule has 3 nitrogen and oxygen atoms in total. The molecule has 0 aliphatic carbocycles. The van der Waals surface area contributed by atoms with Crippen LogP contribution in [0, 0.1) is 0 Å². The Morgan fingerprint density at radius 3 is 1.71 bits per heavy atom. The van der Waals surface area contributed by atoms with Crippen LogP contribution in [0.5, 0.6) is 11.5 Å². The zero-order valence-corrected chi connectivity index (χ0v) is 24.3. The summed E-state index contributed by atoms with van der Waals surface area (Å²) in [5.41, 5.74) is 11.5. The highest BCUT2D eigenvalue weighted by molar-refractivity contribution is 6.12. The first-order valence-electron chi connectivity index (χ1n) is 15.4. The molecule has 3 heterocycles. The summed E-state index contributed by atoms with van der Waals surface area (Å²) in [7, 11) is 0. The van der Waals surface area contributed by atoms with Crippen LogP contribution in [0.3, 0.4) is 0 Å². The van der Waals surface area contributed by atoms with Crippen molar-refractivity contribution in [2.45, 2.75) is 0 Å². The molecule has 45 heavy (non-hydrogen) atoms. The van der Waals surface area contributed by atoms with Gasteiger partial charge in [-0.3, -0.25) is 0 Å². The van der Waals surface area contributed by atoms with Crippen molar-refractivity contribution in [3.63, 3.8) is 0 Å². The molecule has 3 heteroatoms. The second-order valence-corrected chi connectivity index (χ2v) is 11.8. The van der Waals surface area contributed by atoms with Crippen LogP contribution in [0.4, 0.5) is 0 Å². The van der Waals surface area contributed by atoms with Gasteiger partial charge in [0, 0.05) is 32.8 Å². The van der Waals surface area contributed by atoms with Gasteiger partial charge in [-0.2, -0.15) is 0 Å². The minimum atomic E-state index is 0.887. The number of hydrogen-bond acceptors (Lipinski definition) is 1. The van der Waals surface area contributed by atoms with Crippen molar-refractivity contribution in [3.05, 3.63) is 158 Å². The highest BCUT2D eigenvalue weighted by Gasteiger charge is 2.25. The number of aromatic nitrogens is 2. The maximum absolute atomic E-state index is 6.71. The Morgan fingerprint density at radius 2 is 0.978 bits per heavy atom. The van der Waals surface area contributed by atoms with E-state index in [1.54, 1.807) is 0 Å². The third-order valence-electron chi connectivity index (χ3n) is 9.32. The molecule has 10 rings (SSSR count). The first kappa shape index (κ1) is 24.4. The molecule has 7 aromatic carbocycles. The van der Waals surface area contributed by atoms with Gasteiger partial charge in [-0.05, 0) is 65.2 Å². The summed E-state index contributed by atoms with van der Waals surface area (Å²) in [6.45, 7) is 0.